The van der Waals surface area contributed by atoms with Gasteiger partial charge in [-0.05, 0) is 13.3 Å². The Balaban J connectivity index is 2.18. The molecule has 0 radical (unpaired) electrons. The molecule has 0 bridgehead atoms. The van der Waals surface area contributed by atoms with Gasteiger partial charge in [-0.15, -0.1) is 0 Å². The van der Waals surface area contributed by atoms with Crippen molar-refractivity contribution in [3.05, 3.63) is 24.3 Å². The van der Waals surface area contributed by atoms with E-state index in [1.54, 1.807) is 6.33 Å². The van der Waals surface area contributed by atoms with Crippen molar-refractivity contribution in [3.8, 4) is 0 Å². The van der Waals surface area contributed by atoms with Crippen molar-refractivity contribution in [1.82, 2.24) is 19.9 Å². The molecule has 0 saturated carbocycles. The number of hydrogen-bond acceptors (Lipinski definition) is 4. The molecule has 84 valence electrons. The predicted octanol–water partition coefficient (Wildman–Crippen LogP) is 2.12. The first-order valence-corrected chi connectivity index (χ1v) is 5.37. The summed E-state index contributed by atoms with van der Waals surface area (Å²) in [6.07, 6.45) is 6.31. The summed E-state index contributed by atoms with van der Waals surface area (Å²) in [5.74, 6) is 0.801. The monoisotopic (exact) mass is 217 g/mol. The van der Waals surface area contributed by atoms with Gasteiger partial charge in [0.1, 0.15) is 11.8 Å². The van der Waals surface area contributed by atoms with Crippen LogP contribution in [0.4, 0.5) is 5.82 Å². The van der Waals surface area contributed by atoms with Crippen LogP contribution in [-0.2, 0) is 0 Å². The van der Waals surface area contributed by atoms with E-state index in [9.17, 15) is 0 Å². The average Bonchev–Trinajstić information content (AvgIpc) is 2.79. The van der Waals surface area contributed by atoms with Crippen LogP contribution in [0.2, 0.25) is 0 Å². The van der Waals surface area contributed by atoms with Crippen LogP contribution in [0.1, 0.15) is 20.3 Å². The Kier molecular flexibility index (Phi) is 3.14. The van der Waals surface area contributed by atoms with Crippen molar-refractivity contribution in [2.75, 3.05) is 11.9 Å². The molecule has 16 heavy (non-hydrogen) atoms. The summed E-state index contributed by atoms with van der Waals surface area (Å²) in [5, 5.41) is 3.29. The molecule has 0 aliphatic heterocycles. The van der Waals surface area contributed by atoms with E-state index >= 15 is 0 Å². The Labute approximate surface area is 94.0 Å². The van der Waals surface area contributed by atoms with Gasteiger partial charge in [0.15, 0.2) is 11.5 Å². The van der Waals surface area contributed by atoms with Gasteiger partial charge >= 0.3 is 0 Å². The standard InChI is InChI=1S/C11H15N5/c1-3-8(4-2)5-12-10-9-11(14-6-13-9)16-7-15-10/h3,6-7H,4-5H2,1-2H3,(H2,12,13,14,15,16). The first kappa shape index (κ1) is 10.6. The van der Waals surface area contributed by atoms with Crippen molar-refractivity contribution in [2.24, 2.45) is 0 Å². The number of rotatable bonds is 4. The van der Waals surface area contributed by atoms with Crippen molar-refractivity contribution in [1.29, 1.82) is 0 Å². The van der Waals surface area contributed by atoms with Gasteiger partial charge in [0.05, 0.1) is 6.33 Å². The molecule has 0 atom stereocenters. The second-order valence-corrected chi connectivity index (χ2v) is 3.48. The van der Waals surface area contributed by atoms with Crippen LogP contribution < -0.4 is 5.32 Å². The third kappa shape index (κ3) is 2.03. The number of aromatic amines is 1. The van der Waals surface area contributed by atoms with E-state index in [1.165, 1.54) is 11.9 Å². The van der Waals surface area contributed by atoms with Crippen LogP contribution in [0.15, 0.2) is 24.3 Å². The highest BCUT2D eigenvalue weighted by molar-refractivity contribution is 5.81. The van der Waals surface area contributed by atoms with Crippen LogP contribution in [0.3, 0.4) is 0 Å². The van der Waals surface area contributed by atoms with Gasteiger partial charge in [-0.3, -0.25) is 0 Å². The third-order valence-corrected chi connectivity index (χ3v) is 2.57. The van der Waals surface area contributed by atoms with Gasteiger partial charge in [0.2, 0.25) is 0 Å². The fraction of sp³-hybridized carbons (Fsp3) is 0.364. The molecule has 2 N–H and O–H groups in total. The number of imidazole rings is 1. The number of nitrogens with one attached hydrogen (secondary N) is 2. The molecule has 2 heterocycles. The molecule has 0 amide bonds. The Morgan fingerprint density at radius 2 is 2.31 bits per heavy atom. The highest BCUT2D eigenvalue weighted by Gasteiger charge is 2.04. The van der Waals surface area contributed by atoms with Gasteiger partial charge in [-0.1, -0.05) is 18.6 Å². The molecule has 2 aromatic heterocycles. The van der Waals surface area contributed by atoms with Gasteiger partial charge in [0.25, 0.3) is 0 Å². The second kappa shape index (κ2) is 4.74. The molecule has 5 nitrogen and oxygen atoms in total. The maximum Gasteiger partial charge on any atom is 0.182 e. The molecule has 0 aromatic carbocycles. The zero-order valence-electron chi connectivity index (χ0n) is 9.49. The van der Waals surface area contributed by atoms with Crippen molar-refractivity contribution in [3.63, 3.8) is 0 Å². The van der Waals surface area contributed by atoms with Crippen LogP contribution in [0.25, 0.3) is 11.2 Å². The summed E-state index contributed by atoms with van der Waals surface area (Å²) >= 11 is 0. The van der Waals surface area contributed by atoms with Gasteiger partial charge < -0.3 is 10.3 Å². The lowest BCUT2D eigenvalue weighted by molar-refractivity contribution is 1.02. The minimum Gasteiger partial charge on any atom is -0.364 e. The topological polar surface area (TPSA) is 66.5 Å². The zero-order chi connectivity index (χ0) is 11.4. The first-order chi connectivity index (χ1) is 7.85. The number of anilines is 1. The van der Waals surface area contributed by atoms with Crippen molar-refractivity contribution in [2.45, 2.75) is 20.3 Å². The lowest BCUT2D eigenvalue weighted by Crippen LogP contribution is -2.06. The molecule has 0 saturated heterocycles. The maximum atomic E-state index is 4.20. The van der Waals surface area contributed by atoms with Crippen molar-refractivity contribution >= 4 is 17.0 Å². The van der Waals surface area contributed by atoms with E-state index in [0.29, 0.717) is 5.65 Å². The Hall–Kier alpha value is -1.91. The molecule has 0 spiro atoms. The highest BCUT2D eigenvalue weighted by atomic mass is 15.1. The van der Waals surface area contributed by atoms with E-state index < -0.39 is 0 Å². The largest absolute Gasteiger partial charge is 0.364 e. The number of allylic oxidation sites excluding steroid dienone is 1. The Morgan fingerprint density at radius 3 is 3.06 bits per heavy atom. The number of H-pyrrole nitrogens is 1. The van der Waals surface area contributed by atoms with Crippen LogP contribution >= 0.6 is 0 Å². The van der Waals surface area contributed by atoms with Gasteiger partial charge in [0, 0.05) is 6.54 Å². The Morgan fingerprint density at radius 1 is 1.44 bits per heavy atom. The van der Waals surface area contributed by atoms with E-state index in [4.69, 9.17) is 0 Å². The molecule has 0 aliphatic rings. The van der Waals surface area contributed by atoms with E-state index in [0.717, 1.165) is 24.3 Å². The SMILES string of the molecule is CC=C(CC)CNc1ncnc2nc[nH]c12. The summed E-state index contributed by atoms with van der Waals surface area (Å²) in [6.45, 7) is 4.99. The fourth-order valence-corrected chi connectivity index (χ4v) is 1.53. The van der Waals surface area contributed by atoms with Crippen molar-refractivity contribution < 1.29 is 0 Å². The van der Waals surface area contributed by atoms with Crippen LogP contribution in [0.5, 0.6) is 0 Å². The van der Waals surface area contributed by atoms with E-state index in [1.807, 2.05) is 6.92 Å². The molecule has 5 heteroatoms. The van der Waals surface area contributed by atoms with Crippen LogP contribution in [-0.4, -0.2) is 26.5 Å². The normalized spacial score (nSPS) is 12.0. The summed E-state index contributed by atoms with van der Waals surface area (Å²) in [7, 11) is 0. The number of aromatic nitrogens is 4. The molecule has 0 aliphatic carbocycles. The number of fused-ring (bicyclic) bond motifs is 1. The van der Waals surface area contributed by atoms with Gasteiger partial charge in [-0.25, -0.2) is 15.0 Å². The van der Waals surface area contributed by atoms with Crippen LogP contribution in [0, 0.1) is 0 Å². The lowest BCUT2D eigenvalue weighted by atomic mass is 10.2. The summed E-state index contributed by atoms with van der Waals surface area (Å²) in [5.41, 5.74) is 2.90. The number of hydrogen-bond donors (Lipinski definition) is 2. The van der Waals surface area contributed by atoms with E-state index in [-0.39, 0.29) is 0 Å². The lowest BCUT2D eigenvalue weighted by Gasteiger charge is -2.07. The minimum absolute atomic E-state index is 0.691. The summed E-state index contributed by atoms with van der Waals surface area (Å²) < 4.78 is 0. The van der Waals surface area contributed by atoms with Gasteiger partial charge in [-0.2, -0.15) is 0 Å². The maximum absolute atomic E-state index is 4.20. The van der Waals surface area contributed by atoms with E-state index in [2.05, 4.69) is 38.3 Å². The summed E-state index contributed by atoms with van der Waals surface area (Å²) in [4.78, 5) is 15.4. The Bertz CT molecular complexity index is 500. The second-order valence-electron chi connectivity index (χ2n) is 3.48. The molecule has 0 fully saturated rings. The predicted molar refractivity (Wildman–Crippen MR) is 64.2 cm³/mol. The first-order valence-electron chi connectivity index (χ1n) is 5.37. The zero-order valence-corrected chi connectivity index (χ0v) is 9.49. The summed E-state index contributed by atoms with van der Waals surface area (Å²) in [6, 6.07) is 0. The molecular weight excluding hydrogens is 202 g/mol. The molecule has 2 aromatic rings. The fourth-order valence-electron chi connectivity index (χ4n) is 1.53. The average molecular weight is 217 g/mol. The minimum atomic E-state index is 0.691. The quantitative estimate of drug-likeness (QED) is 0.770. The number of nitrogens with zero attached hydrogens (tertiary/aromatic N) is 3. The molecule has 0 unspecified atom stereocenters. The third-order valence-electron chi connectivity index (χ3n) is 2.57. The molecular formula is C11H15N5. The molecule has 2 rings (SSSR count). The smallest absolute Gasteiger partial charge is 0.182 e. The highest BCUT2D eigenvalue weighted by Crippen LogP contribution is 2.14.